The first-order chi connectivity index (χ1) is 12.9. The number of benzene rings is 2. The first kappa shape index (κ1) is 19.3. The van der Waals surface area contributed by atoms with Crippen molar-refractivity contribution in [1.29, 1.82) is 0 Å². The van der Waals surface area contributed by atoms with Crippen LogP contribution in [0.5, 0.6) is 5.75 Å². The quantitative estimate of drug-likeness (QED) is 0.743. The topological polar surface area (TPSA) is 29.5 Å². The van der Waals surface area contributed by atoms with Crippen LogP contribution in [0.25, 0.3) is 0 Å². The summed E-state index contributed by atoms with van der Waals surface area (Å²) in [6.45, 7) is 0.884. The average Bonchev–Trinajstić information content (AvgIpc) is 2.93. The van der Waals surface area contributed by atoms with Crippen LogP contribution in [-0.2, 0) is 6.18 Å². The van der Waals surface area contributed by atoms with Gasteiger partial charge in [0.05, 0.1) is 18.2 Å². The molecule has 1 heterocycles. The Hall–Kier alpha value is -2.50. The van der Waals surface area contributed by atoms with Crippen LogP contribution in [-0.4, -0.2) is 31.0 Å². The zero-order valence-corrected chi connectivity index (χ0v) is 15.1. The van der Waals surface area contributed by atoms with Crippen molar-refractivity contribution < 1.29 is 22.7 Å². The summed E-state index contributed by atoms with van der Waals surface area (Å²) in [6.07, 6.45) is -1.93. The van der Waals surface area contributed by atoms with E-state index in [-0.39, 0.29) is 11.5 Å². The molecule has 1 saturated heterocycles. The molecule has 27 heavy (non-hydrogen) atoms. The number of halogens is 3. The number of alkyl halides is 3. The molecule has 3 rings (SSSR count). The van der Waals surface area contributed by atoms with Crippen LogP contribution in [0.1, 0.15) is 46.7 Å². The molecule has 0 bridgehead atoms. The summed E-state index contributed by atoms with van der Waals surface area (Å²) in [5, 5.41) is 0. The maximum atomic E-state index is 13.3. The van der Waals surface area contributed by atoms with E-state index in [1.54, 1.807) is 12.0 Å². The van der Waals surface area contributed by atoms with Gasteiger partial charge in [0.25, 0.3) is 5.91 Å². The molecule has 2 aromatic rings. The molecule has 0 spiro atoms. The summed E-state index contributed by atoms with van der Waals surface area (Å²) in [7, 11) is 1.60. The Morgan fingerprint density at radius 2 is 1.78 bits per heavy atom. The number of hydrogen-bond donors (Lipinski definition) is 0. The average molecular weight is 377 g/mol. The minimum atomic E-state index is -4.55. The third-order valence-electron chi connectivity index (χ3n) is 5.01. The predicted octanol–water partition coefficient (Wildman–Crippen LogP) is 5.12. The van der Waals surface area contributed by atoms with Gasteiger partial charge in [0.2, 0.25) is 0 Å². The van der Waals surface area contributed by atoms with Gasteiger partial charge in [-0.3, -0.25) is 4.79 Å². The van der Waals surface area contributed by atoms with Crippen LogP contribution in [0.4, 0.5) is 13.2 Å². The van der Waals surface area contributed by atoms with Gasteiger partial charge >= 0.3 is 6.18 Å². The number of nitrogens with zero attached hydrogens (tertiary/aromatic N) is 1. The molecule has 6 heteroatoms. The Kier molecular flexibility index (Phi) is 5.73. The van der Waals surface area contributed by atoms with Crippen molar-refractivity contribution in [3.63, 3.8) is 0 Å². The lowest BCUT2D eigenvalue weighted by Crippen LogP contribution is -2.35. The highest BCUT2D eigenvalue weighted by molar-refractivity contribution is 5.96. The van der Waals surface area contributed by atoms with E-state index >= 15 is 0 Å². The zero-order chi connectivity index (χ0) is 19.4. The van der Waals surface area contributed by atoms with E-state index in [4.69, 9.17) is 4.74 Å². The van der Waals surface area contributed by atoms with Gasteiger partial charge in [-0.2, -0.15) is 13.2 Å². The summed E-state index contributed by atoms with van der Waals surface area (Å²) in [5.41, 5.74) is -0.0831. The Morgan fingerprint density at radius 1 is 1.07 bits per heavy atom. The second kappa shape index (κ2) is 8.03. The van der Waals surface area contributed by atoms with E-state index in [2.05, 4.69) is 0 Å². The van der Waals surface area contributed by atoms with Crippen molar-refractivity contribution in [3.05, 3.63) is 65.2 Å². The number of ether oxygens (including phenoxy) is 1. The number of likely N-dealkylation sites (tertiary alicyclic amines) is 1. The van der Waals surface area contributed by atoms with Crippen molar-refractivity contribution in [2.45, 2.75) is 31.4 Å². The Morgan fingerprint density at radius 3 is 2.44 bits per heavy atom. The molecule has 0 radical (unpaired) electrons. The first-order valence-electron chi connectivity index (χ1n) is 8.99. The second-order valence-corrected chi connectivity index (χ2v) is 6.76. The summed E-state index contributed by atoms with van der Waals surface area (Å²) >= 11 is 0. The molecular formula is C21H22F3NO2. The highest BCUT2D eigenvalue weighted by atomic mass is 19.4. The van der Waals surface area contributed by atoms with Gasteiger partial charge in [-0.1, -0.05) is 30.7 Å². The van der Waals surface area contributed by atoms with E-state index < -0.39 is 17.6 Å². The van der Waals surface area contributed by atoms with Gasteiger partial charge in [-0.15, -0.1) is 0 Å². The standard InChI is InChI=1S/C21H22F3NO2/c1-27-17-11-9-15(10-12-17)16-6-4-5-13-25(14-16)20(26)18-7-2-3-8-19(18)21(22,23)24/h2-3,7-12,16H,4-6,13-14H2,1H3. The normalized spacial score (nSPS) is 18.1. The Labute approximate surface area is 156 Å². The summed E-state index contributed by atoms with van der Waals surface area (Å²) in [6, 6.07) is 12.7. The summed E-state index contributed by atoms with van der Waals surface area (Å²) < 4.78 is 45.0. The Balaban J connectivity index is 1.84. The fourth-order valence-electron chi connectivity index (χ4n) is 3.56. The lowest BCUT2D eigenvalue weighted by atomic mass is 9.94. The Bertz CT molecular complexity index is 787. The molecule has 1 amide bonds. The maximum Gasteiger partial charge on any atom is 0.417 e. The zero-order valence-electron chi connectivity index (χ0n) is 15.1. The number of amides is 1. The lowest BCUT2D eigenvalue weighted by Gasteiger charge is -2.26. The fraction of sp³-hybridized carbons (Fsp3) is 0.381. The molecule has 0 saturated carbocycles. The third kappa shape index (κ3) is 4.43. The number of carbonyl (C=O) groups excluding carboxylic acids is 1. The maximum absolute atomic E-state index is 13.3. The lowest BCUT2D eigenvalue weighted by molar-refractivity contribution is -0.138. The van der Waals surface area contributed by atoms with E-state index in [1.807, 2.05) is 24.3 Å². The van der Waals surface area contributed by atoms with E-state index in [1.165, 1.54) is 18.2 Å². The molecule has 0 N–H and O–H groups in total. The summed E-state index contributed by atoms with van der Waals surface area (Å²) in [4.78, 5) is 14.5. The van der Waals surface area contributed by atoms with Crippen molar-refractivity contribution in [1.82, 2.24) is 4.90 Å². The van der Waals surface area contributed by atoms with Crippen LogP contribution < -0.4 is 4.74 Å². The van der Waals surface area contributed by atoms with Gasteiger partial charge < -0.3 is 9.64 Å². The molecule has 0 aliphatic carbocycles. The molecule has 1 fully saturated rings. The number of carbonyl (C=O) groups is 1. The van der Waals surface area contributed by atoms with Gasteiger partial charge in [-0.05, 0) is 42.7 Å². The minimum Gasteiger partial charge on any atom is -0.497 e. The molecule has 1 aliphatic rings. The number of rotatable bonds is 3. The fourth-order valence-corrected chi connectivity index (χ4v) is 3.56. The van der Waals surface area contributed by atoms with Crippen LogP contribution in [0.3, 0.4) is 0 Å². The summed E-state index contributed by atoms with van der Waals surface area (Å²) in [5.74, 6) is 0.295. The van der Waals surface area contributed by atoms with Gasteiger partial charge in [0, 0.05) is 19.0 Å². The largest absolute Gasteiger partial charge is 0.497 e. The van der Waals surface area contributed by atoms with E-state index in [9.17, 15) is 18.0 Å². The molecular weight excluding hydrogens is 355 g/mol. The van der Waals surface area contributed by atoms with Crippen molar-refractivity contribution >= 4 is 5.91 Å². The molecule has 0 aromatic heterocycles. The molecule has 1 atom stereocenters. The number of hydrogen-bond acceptors (Lipinski definition) is 2. The molecule has 144 valence electrons. The van der Waals surface area contributed by atoms with Gasteiger partial charge in [0.15, 0.2) is 0 Å². The smallest absolute Gasteiger partial charge is 0.417 e. The van der Waals surface area contributed by atoms with Crippen LogP contribution in [0.2, 0.25) is 0 Å². The predicted molar refractivity (Wildman–Crippen MR) is 96.9 cm³/mol. The van der Waals surface area contributed by atoms with Crippen LogP contribution >= 0.6 is 0 Å². The molecule has 1 unspecified atom stereocenters. The van der Waals surface area contributed by atoms with Gasteiger partial charge in [-0.25, -0.2) is 0 Å². The second-order valence-electron chi connectivity index (χ2n) is 6.76. The van der Waals surface area contributed by atoms with E-state index in [0.29, 0.717) is 13.1 Å². The van der Waals surface area contributed by atoms with Crippen LogP contribution in [0, 0.1) is 0 Å². The first-order valence-corrected chi connectivity index (χ1v) is 8.99. The van der Waals surface area contributed by atoms with Gasteiger partial charge in [0.1, 0.15) is 5.75 Å². The highest BCUT2D eigenvalue weighted by Crippen LogP contribution is 2.34. The molecule has 1 aliphatic heterocycles. The number of methoxy groups -OCH3 is 1. The van der Waals surface area contributed by atoms with Crippen LogP contribution in [0.15, 0.2) is 48.5 Å². The molecule has 3 nitrogen and oxygen atoms in total. The third-order valence-corrected chi connectivity index (χ3v) is 5.01. The van der Waals surface area contributed by atoms with E-state index in [0.717, 1.165) is 36.6 Å². The molecule has 2 aromatic carbocycles. The SMILES string of the molecule is COc1ccc(C2CCCCN(C(=O)c3ccccc3C(F)(F)F)C2)cc1. The van der Waals surface area contributed by atoms with Crippen molar-refractivity contribution in [2.24, 2.45) is 0 Å². The van der Waals surface area contributed by atoms with Crippen molar-refractivity contribution in [2.75, 3.05) is 20.2 Å². The highest BCUT2D eigenvalue weighted by Gasteiger charge is 2.36. The van der Waals surface area contributed by atoms with Crippen molar-refractivity contribution in [3.8, 4) is 5.75 Å². The minimum absolute atomic E-state index is 0.0976. The monoisotopic (exact) mass is 377 g/mol.